The molecule has 0 bridgehead atoms. The second-order valence-corrected chi connectivity index (χ2v) is 6.49. The molecule has 1 aliphatic carbocycles. The molecule has 3 rings (SSSR count). The maximum Gasteiger partial charge on any atom is 0.244 e. The van der Waals surface area contributed by atoms with Crippen molar-refractivity contribution in [2.24, 2.45) is 0 Å². The Hall–Kier alpha value is -1.43. The third kappa shape index (κ3) is 3.61. The van der Waals surface area contributed by atoms with Gasteiger partial charge in [0, 0.05) is 24.7 Å². The normalized spacial score (nSPS) is 26.1. The monoisotopic (exact) mass is 291 g/mol. The smallest absolute Gasteiger partial charge is 0.244 e. The third-order valence-electron chi connectivity index (χ3n) is 4.51. The Labute approximate surface area is 125 Å². The Morgan fingerprint density at radius 3 is 2.67 bits per heavy atom. The number of hydrogen-bond acceptors (Lipinski definition) is 4. The summed E-state index contributed by atoms with van der Waals surface area (Å²) < 4.78 is 1.67. The third-order valence-corrected chi connectivity index (χ3v) is 4.51. The van der Waals surface area contributed by atoms with Gasteiger partial charge in [-0.3, -0.25) is 4.79 Å². The fraction of sp³-hybridized carbons (Fsp3) is 0.800. The Morgan fingerprint density at radius 1 is 1.29 bits per heavy atom. The van der Waals surface area contributed by atoms with Gasteiger partial charge in [-0.25, -0.2) is 4.68 Å². The summed E-state index contributed by atoms with van der Waals surface area (Å²) in [7, 11) is 0. The molecular formula is C15H25N5O. The van der Waals surface area contributed by atoms with E-state index in [-0.39, 0.29) is 5.91 Å². The number of carbonyl (C=O) groups is 1. The first kappa shape index (κ1) is 14.5. The van der Waals surface area contributed by atoms with Gasteiger partial charge in [-0.15, -0.1) is 5.10 Å². The summed E-state index contributed by atoms with van der Waals surface area (Å²) in [5.41, 5.74) is 0.912. The molecule has 2 atom stereocenters. The van der Waals surface area contributed by atoms with Crippen molar-refractivity contribution in [2.75, 3.05) is 0 Å². The van der Waals surface area contributed by atoms with Crippen LogP contribution in [0.5, 0.6) is 0 Å². The van der Waals surface area contributed by atoms with Crippen molar-refractivity contribution < 1.29 is 4.79 Å². The van der Waals surface area contributed by atoms with E-state index >= 15 is 0 Å². The van der Waals surface area contributed by atoms with Gasteiger partial charge in [0.05, 0.1) is 11.9 Å². The van der Waals surface area contributed by atoms with Crippen molar-refractivity contribution in [3.8, 4) is 0 Å². The fourth-order valence-electron chi connectivity index (χ4n) is 3.17. The summed E-state index contributed by atoms with van der Waals surface area (Å²) in [6.07, 6.45) is 7.82. The maximum absolute atomic E-state index is 12.5. The topological polar surface area (TPSA) is 63.1 Å². The molecule has 0 aromatic carbocycles. The van der Waals surface area contributed by atoms with E-state index in [9.17, 15) is 4.79 Å². The van der Waals surface area contributed by atoms with E-state index in [1.165, 1.54) is 19.3 Å². The zero-order valence-electron chi connectivity index (χ0n) is 13.0. The van der Waals surface area contributed by atoms with E-state index in [0.717, 1.165) is 25.1 Å². The molecule has 116 valence electrons. The van der Waals surface area contributed by atoms with Gasteiger partial charge in [0.2, 0.25) is 5.91 Å². The summed E-state index contributed by atoms with van der Waals surface area (Å²) in [6, 6.07) is 1.33. The highest BCUT2D eigenvalue weighted by atomic mass is 16.2. The van der Waals surface area contributed by atoms with Crippen LogP contribution < -0.4 is 5.32 Å². The average molecular weight is 291 g/mol. The van der Waals surface area contributed by atoms with Crippen LogP contribution in [0.4, 0.5) is 0 Å². The summed E-state index contributed by atoms with van der Waals surface area (Å²) in [6.45, 7) is 5.32. The molecule has 2 unspecified atom stereocenters. The standard InChI is InChI=1S/C15H25N5O/c1-11-4-3-5-12(2)20(11)15(21)10-19-9-14(17-18-19)8-16-13-6-7-13/h9,11-13,16H,3-8,10H2,1-2H3. The minimum Gasteiger partial charge on any atom is -0.336 e. The minimum atomic E-state index is 0.154. The van der Waals surface area contributed by atoms with Crippen LogP contribution in [-0.4, -0.2) is 43.9 Å². The van der Waals surface area contributed by atoms with Gasteiger partial charge in [-0.2, -0.15) is 0 Å². The number of carbonyl (C=O) groups excluding carboxylic acids is 1. The van der Waals surface area contributed by atoms with E-state index in [0.29, 0.717) is 24.7 Å². The molecule has 1 aromatic heterocycles. The number of aromatic nitrogens is 3. The summed E-state index contributed by atoms with van der Waals surface area (Å²) in [5.74, 6) is 0.154. The quantitative estimate of drug-likeness (QED) is 0.888. The SMILES string of the molecule is CC1CCCC(C)N1C(=O)Cn1cc(CNC2CC2)nn1. The van der Waals surface area contributed by atoms with E-state index in [4.69, 9.17) is 0 Å². The molecular weight excluding hydrogens is 266 g/mol. The lowest BCUT2D eigenvalue weighted by Gasteiger charge is -2.39. The summed E-state index contributed by atoms with van der Waals surface area (Å²) in [4.78, 5) is 14.5. The van der Waals surface area contributed by atoms with Crippen molar-refractivity contribution >= 4 is 5.91 Å². The largest absolute Gasteiger partial charge is 0.336 e. The number of piperidine rings is 1. The van der Waals surface area contributed by atoms with Crippen LogP contribution in [0, 0.1) is 0 Å². The molecule has 1 saturated heterocycles. The lowest BCUT2D eigenvalue weighted by Crippen LogP contribution is -2.48. The van der Waals surface area contributed by atoms with Gasteiger partial charge in [0.25, 0.3) is 0 Å². The van der Waals surface area contributed by atoms with Crippen molar-refractivity contribution in [1.29, 1.82) is 0 Å². The molecule has 0 radical (unpaired) electrons. The Morgan fingerprint density at radius 2 is 2.00 bits per heavy atom. The van der Waals surface area contributed by atoms with E-state index in [1.54, 1.807) is 4.68 Å². The molecule has 1 amide bonds. The molecule has 2 heterocycles. The number of nitrogens with one attached hydrogen (secondary N) is 1. The van der Waals surface area contributed by atoms with Crippen LogP contribution in [-0.2, 0) is 17.9 Å². The van der Waals surface area contributed by atoms with Crippen molar-refractivity contribution in [2.45, 2.75) is 77.2 Å². The van der Waals surface area contributed by atoms with Crippen molar-refractivity contribution in [1.82, 2.24) is 25.2 Å². The number of likely N-dealkylation sites (tertiary alicyclic amines) is 1. The zero-order chi connectivity index (χ0) is 14.8. The van der Waals surface area contributed by atoms with Gasteiger partial charge in [0.1, 0.15) is 6.54 Å². The highest BCUT2D eigenvalue weighted by Gasteiger charge is 2.29. The van der Waals surface area contributed by atoms with Gasteiger partial charge < -0.3 is 10.2 Å². The highest BCUT2D eigenvalue weighted by Crippen LogP contribution is 2.22. The Kier molecular flexibility index (Phi) is 4.24. The van der Waals surface area contributed by atoms with Gasteiger partial charge in [-0.1, -0.05) is 5.21 Å². The van der Waals surface area contributed by atoms with Crippen LogP contribution in [0.3, 0.4) is 0 Å². The first-order chi connectivity index (χ1) is 10.1. The molecule has 6 nitrogen and oxygen atoms in total. The van der Waals surface area contributed by atoms with Gasteiger partial charge >= 0.3 is 0 Å². The van der Waals surface area contributed by atoms with Crippen LogP contribution in [0.25, 0.3) is 0 Å². The van der Waals surface area contributed by atoms with E-state index in [2.05, 4.69) is 29.5 Å². The lowest BCUT2D eigenvalue weighted by molar-refractivity contribution is -0.138. The van der Waals surface area contributed by atoms with Gasteiger partial charge in [-0.05, 0) is 46.0 Å². The summed E-state index contributed by atoms with van der Waals surface area (Å²) in [5, 5.41) is 11.6. The first-order valence-corrected chi connectivity index (χ1v) is 8.07. The predicted octanol–water partition coefficient (Wildman–Crippen LogP) is 1.32. The second kappa shape index (κ2) is 6.13. The van der Waals surface area contributed by atoms with E-state index in [1.807, 2.05) is 11.1 Å². The zero-order valence-corrected chi connectivity index (χ0v) is 13.0. The number of hydrogen-bond donors (Lipinski definition) is 1. The molecule has 1 aromatic rings. The van der Waals surface area contributed by atoms with Crippen LogP contribution in [0.1, 0.15) is 51.6 Å². The molecule has 1 saturated carbocycles. The molecule has 2 aliphatic rings. The van der Waals surface area contributed by atoms with Crippen LogP contribution >= 0.6 is 0 Å². The number of nitrogens with zero attached hydrogens (tertiary/aromatic N) is 4. The fourth-order valence-corrected chi connectivity index (χ4v) is 3.17. The molecule has 0 spiro atoms. The molecule has 2 fully saturated rings. The highest BCUT2D eigenvalue weighted by molar-refractivity contribution is 5.76. The van der Waals surface area contributed by atoms with E-state index < -0.39 is 0 Å². The van der Waals surface area contributed by atoms with Crippen LogP contribution in [0.2, 0.25) is 0 Å². The molecule has 1 aliphatic heterocycles. The average Bonchev–Trinajstić information content (AvgIpc) is 3.16. The summed E-state index contributed by atoms with van der Waals surface area (Å²) >= 11 is 0. The number of amides is 1. The Bertz CT molecular complexity index is 486. The molecule has 1 N–H and O–H groups in total. The van der Waals surface area contributed by atoms with Crippen LogP contribution in [0.15, 0.2) is 6.20 Å². The Balaban J connectivity index is 1.55. The molecule has 6 heteroatoms. The maximum atomic E-state index is 12.5. The van der Waals surface area contributed by atoms with Crippen molar-refractivity contribution in [3.05, 3.63) is 11.9 Å². The van der Waals surface area contributed by atoms with Gasteiger partial charge in [0.15, 0.2) is 0 Å². The van der Waals surface area contributed by atoms with Crippen molar-refractivity contribution in [3.63, 3.8) is 0 Å². The minimum absolute atomic E-state index is 0.154. The molecule has 21 heavy (non-hydrogen) atoms. The predicted molar refractivity (Wildman–Crippen MR) is 79.5 cm³/mol. The number of rotatable bonds is 5. The second-order valence-electron chi connectivity index (χ2n) is 6.49. The lowest BCUT2D eigenvalue weighted by atomic mass is 9.97. The first-order valence-electron chi connectivity index (χ1n) is 8.07.